The van der Waals surface area contributed by atoms with Gasteiger partial charge < -0.3 is 15.0 Å². The van der Waals surface area contributed by atoms with Gasteiger partial charge in [-0.25, -0.2) is 0 Å². The first-order valence-corrected chi connectivity index (χ1v) is 10.2. The van der Waals surface area contributed by atoms with Crippen molar-refractivity contribution >= 4 is 35.2 Å². The number of rotatable bonds is 7. The molecule has 1 aliphatic rings. The first-order chi connectivity index (χ1) is 13.6. The summed E-state index contributed by atoms with van der Waals surface area (Å²) in [6.07, 6.45) is 2.12. The van der Waals surface area contributed by atoms with Crippen molar-refractivity contribution in [1.82, 2.24) is 5.32 Å². The van der Waals surface area contributed by atoms with Crippen molar-refractivity contribution in [3.05, 3.63) is 60.2 Å². The van der Waals surface area contributed by atoms with Gasteiger partial charge in [-0.05, 0) is 36.1 Å². The summed E-state index contributed by atoms with van der Waals surface area (Å²) in [5.74, 6) is -1.39. The second kappa shape index (κ2) is 9.41. The third-order valence-corrected chi connectivity index (χ3v) is 5.27. The number of carbonyl (C=O) groups is 3. The normalized spacial score (nSPS) is 16.1. The number of ether oxygens (including phenoxy) is 1. The van der Waals surface area contributed by atoms with Crippen LogP contribution in [0.25, 0.3) is 0 Å². The molecule has 7 heteroatoms. The largest absolute Gasteiger partial charge is 0.460 e. The van der Waals surface area contributed by atoms with Gasteiger partial charge in [-0.1, -0.05) is 30.3 Å². The van der Waals surface area contributed by atoms with E-state index >= 15 is 0 Å². The second-order valence-corrected chi connectivity index (χ2v) is 7.35. The Hall–Kier alpha value is -2.80. The average molecular weight is 398 g/mol. The van der Waals surface area contributed by atoms with Crippen molar-refractivity contribution < 1.29 is 19.1 Å². The van der Waals surface area contributed by atoms with E-state index in [0.29, 0.717) is 6.54 Å². The van der Waals surface area contributed by atoms with Gasteiger partial charge in [0.2, 0.25) is 11.8 Å². The van der Waals surface area contributed by atoms with E-state index in [1.54, 1.807) is 16.7 Å². The van der Waals surface area contributed by atoms with Gasteiger partial charge in [0.05, 0.1) is 5.92 Å². The van der Waals surface area contributed by atoms with E-state index in [0.717, 1.165) is 16.1 Å². The molecule has 0 spiro atoms. The highest BCUT2D eigenvalue weighted by molar-refractivity contribution is 7.98. The molecule has 0 radical (unpaired) electrons. The molecule has 0 aromatic heterocycles. The second-order valence-electron chi connectivity index (χ2n) is 6.47. The van der Waals surface area contributed by atoms with E-state index in [-0.39, 0.29) is 31.4 Å². The van der Waals surface area contributed by atoms with Gasteiger partial charge in [0, 0.05) is 23.5 Å². The Kier molecular flexibility index (Phi) is 6.71. The van der Waals surface area contributed by atoms with Crippen LogP contribution in [0.5, 0.6) is 0 Å². The lowest BCUT2D eigenvalue weighted by molar-refractivity contribution is -0.145. The van der Waals surface area contributed by atoms with Crippen molar-refractivity contribution in [2.45, 2.75) is 17.9 Å². The quantitative estimate of drug-likeness (QED) is 0.573. The zero-order valence-corrected chi connectivity index (χ0v) is 16.4. The third-order valence-electron chi connectivity index (χ3n) is 4.53. The molecule has 3 rings (SSSR count). The van der Waals surface area contributed by atoms with Crippen molar-refractivity contribution in [3.8, 4) is 0 Å². The van der Waals surface area contributed by atoms with Gasteiger partial charge in [0.25, 0.3) is 0 Å². The molecule has 1 N–H and O–H groups in total. The number of benzene rings is 2. The molecular formula is C21H22N2O4S. The Labute approximate surface area is 168 Å². The average Bonchev–Trinajstić information content (AvgIpc) is 3.13. The number of carbonyl (C=O) groups excluding carboxylic acids is 3. The van der Waals surface area contributed by atoms with Gasteiger partial charge in [-0.2, -0.15) is 0 Å². The number of nitrogens with zero attached hydrogens (tertiary/aromatic N) is 1. The predicted molar refractivity (Wildman–Crippen MR) is 108 cm³/mol. The molecule has 28 heavy (non-hydrogen) atoms. The summed E-state index contributed by atoms with van der Waals surface area (Å²) < 4.78 is 5.14. The number of anilines is 1. The standard InChI is InChI=1S/C21H22N2O4S/c1-28-18-9-7-17(8-10-18)23-13-16(11-19(23)24)21(26)22-12-20(25)27-14-15-5-3-2-4-6-15/h2-10,16H,11-14H2,1H3,(H,22,26). The first kappa shape index (κ1) is 19.9. The SMILES string of the molecule is CSc1ccc(N2CC(C(=O)NCC(=O)OCc3ccccc3)CC2=O)cc1. The number of nitrogens with one attached hydrogen (secondary N) is 1. The Balaban J connectivity index is 1.46. The minimum Gasteiger partial charge on any atom is -0.460 e. The van der Waals surface area contributed by atoms with Crippen LogP contribution in [0.3, 0.4) is 0 Å². The third kappa shape index (κ3) is 5.13. The molecule has 2 aromatic carbocycles. The summed E-state index contributed by atoms with van der Waals surface area (Å²) in [7, 11) is 0. The Morgan fingerprint density at radius 2 is 1.86 bits per heavy atom. The predicted octanol–water partition coefficient (Wildman–Crippen LogP) is 2.62. The molecule has 0 aliphatic carbocycles. The van der Waals surface area contributed by atoms with Crippen LogP contribution in [-0.2, 0) is 25.7 Å². The maximum atomic E-state index is 12.3. The topological polar surface area (TPSA) is 75.7 Å². The van der Waals surface area contributed by atoms with E-state index in [9.17, 15) is 14.4 Å². The molecular weight excluding hydrogens is 376 g/mol. The minimum atomic E-state index is -0.508. The molecule has 1 atom stereocenters. The van der Waals surface area contributed by atoms with E-state index in [2.05, 4.69) is 5.32 Å². The summed E-state index contributed by atoms with van der Waals surface area (Å²) in [5.41, 5.74) is 1.66. The van der Waals surface area contributed by atoms with Crippen molar-refractivity contribution in [2.24, 2.45) is 5.92 Å². The lowest BCUT2D eigenvalue weighted by atomic mass is 10.1. The van der Waals surface area contributed by atoms with Gasteiger partial charge in [0.1, 0.15) is 13.2 Å². The molecule has 6 nitrogen and oxygen atoms in total. The van der Waals surface area contributed by atoms with Crippen LogP contribution < -0.4 is 10.2 Å². The zero-order valence-electron chi connectivity index (χ0n) is 15.6. The fourth-order valence-electron chi connectivity index (χ4n) is 2.99. The Bertz CT molecular complexity index is 839. The summed E-state index contributed by atoms with van der Waals surface area (Å²) >= 11 is 1.63. The summed E-state index contributed by atoms with van der Waals surface area (Å²) in [6.45, 7) is 0.262. The molecule has 1 saturated heterocycles. The molecule has 146 valence electrons. The van der Waals surface area contributed by atoms with E-state index < -0.39 is 11.9 Å². The van der Waals surface area contributed by atoms with Crippen LogP contribution in [0.15, 0.2) is 59.5 Å². The number of hydrogen-bond donors (Lipinski definition) is 1. The van der Waals surface area contributed by atoms with E-state index in [4.69, 9.17) is 4.74 Å². The van der Waals surface area contributed by atoms with E-state index in [1.165, 1.54) is 0 Å². The fraction of sp³-hybridized carbons (Fsp3) is 0.286. The van der Waals surface area contributed by atoms with Gasteiger partial charge in [-0.15, -0.1) is 11.8 Å². The highest BCUT2D eigenvalue weighted by Gasteiger charge is 2.35. The molecule has 0 bridgehead atoms. The maximum Gasteiger partial charge on any atom is 0.325 e. The zero-order chi connectivity index (χ0) is 19.9. The monoisotopic (exact) mass is 398 g/mol. The number of esters is 1. The summed E-state index contributed by atoms with van der Waals surface area (Å²) in [5, 5.41) is 2.58. The van der Waals surface area contributed by atoms with Gasteiger partial charge in [-0.3, -0.25) is 14.4 Å². The molecule has 2 amide bonds. The summed E-state index contributed by atoms with van der Waals surface area (Å²) in [6, 6.07) is 17.0. The van der Waals surface area contributed by atoms with Crippen LogP contribution >= 0.6 is 11.8 Å². The molecule has 0 saturated carbocycles. The van der Waals surface area contributed by atoms with Crippen molar-refractivity contribution in [2.75, 3.05) is 24.2 Å². The van der Waals surface area contributed by atoms with Crippen LogP contribution in [0, 0.1) is 5.92 Å². The molecule has 1 fully saturated rings. The molecule has 2 aromatic rings. The first-order valence-electron chi connectivity index (χ1n) is 8.98. The minimum absolute atomic E-state index is 0.0938. The lowest BCUT2D eigenvalue weighted by Crippen LogP contribution is -2.36. The maximum absolute atomic E-state index is 12.3. The van der Waals surface area contributed by atoms with Crippen LogP contribution in [0.1, 0.15) is 12.0 Å². The molecule has 1 aliphatic heterocycles. The van der Waals surface area contributed by atoms with Crippen LogP contribution in [-0.4, -0.2) is 37.1 Å². The highest BCUT2D eigenvalue weighted by Crippen LogP contribution is 2.27. The molecule has 1 unspecified atom stereocenters. The smallest absolute Gasteiger partial charge is 0.325 e. The van der Waals surface area contributed by atoms with Gasteiger partial charge >= 0.3 is 5.97 Å². The van der Waals surface area contributed by atoms with Crippen LogP contribution in [0.2, 0.25) is 0 Å². The fourth-order valence-corrected chi connectivity index (χ4v) is 3.40. The van der Waals surface area contributed by atoms with Gasteiger partial charge in [0.15, 0.2) is 0 Å². The Morgan fingerprint density at radius 3 is 2.54 bits per heavy atom. The Morgan fingerprint density at radius 1 is 1.14 bits per heavy atom. The lowest BCUT2D eigenvalue weighted by Gasteiger charge is -2.17. The summed E-state index contributed by atoms with van der Waals surface area (Å²) in [4.78, 5) is 39.2. The van der Waals surface area contributed by atoms with Crippen molar-refractivity contribution in [3.63, 3.8) is 0 Å². The number of amides is 2. The highest BCUT2D eigenvalue weighted by atomic mass is 32.2. The van der Waals surface area contributed by atoms with Crippen LogP contribution in [0.4, 0.5) is 5.69 Å². The van der Waals surface area contributed by atoms with Crippen molar-refractivity contribution in [1.29, 1.82) is 0 Å². The number of thioether (sulfide) groups is 1. The molecule has 1 heterocycles. The van der Waals surface area contributed by atoms with E-state index in [1.807, 2.05) is 60.9 Å². The number of hydrogen-bond acceptors (Lipinski definition) is 5.